The Kier molecular flexibility index (Phi) is 3.05. The lowest BCUT2D eigenvalue weighted by molar-refractivity contribution is -0.110. The SMILES string of the molecule is NS(=O)(=O)c1ccc2c(c1)/C(=C\c1c[nH]c3ncccc13)C(=O)N2. The van der Waals surface area contributed by atoms with Crippen LogP contribution in [0.1, 0.15) is 11.1 Å². The summed E-state index contributed by atoms with van der Waals surface area (Å²) in [6.07, 6.45) is 5.12. The van der Waals surface area contributed by atoms with Crippen LogP contribution in [0.3, 0.4) is 0 Å². The number of amides is 1. The number of nitrogens with two attached hydrogens (primary N) is 1. The number of aromatic nitrogens is 2. The van der Waals surface area contributed by atoms with Gasteiger partial charge >= 0.3 is 0 Å². The van der Waals surface area contributed by atoms with Crippen LogP contribution < -0.4 is 10.5 Å². The summed E-state index contributed by atoms with van der Waals surface area (Å²) in [7, 11) is -3.84. The van der Waals surface area contributed by atoms with Crippen molar-refractivity contribution in [3.63, 3.8) is 0 Å². The number of carbonyl (C=O) groups excluding carboxylic acids is 1. The average molecular weight is 340 g/mol. The Bertz CT molecular complexity index is 1130. The first-order valence-electron chi connectivity index (χ1n) is 7.06. The van der Waals surface area contributed by atoms with Gasteiger partial charge in [-0.1, -0.05) is 0 Å². The lowest BCUT2D eigenvalue weighted by atomic mass is 10.0. The van der Waals surface area contributed by atoms with E-state index >= 15 is 0 Å². The number of carbonyl (C=O) groups is 1. The molecule has 0 atom stereocenters. The Morgan fingerprint density at radius 2 is 2.04 bits per heavy atom. The van der Waals surface area contributed by atoms with Gasteiger partial charge in [0.2, 0.25) is 10.0 Å². The van der Waals surface area contributed by atoms with Crippen LogP contribution in [0.5, 0.6) is 0 Å². The van der Waals surface area contributed by atoms with Gasteiger partial charge < -0.3 is 10.3 Å². The molecule has 120 valence electrons. The lowest BCUT2D eigenvalue weighted by Gasteiger charge is -2.02. The van der Waals surface area contributed by atoms with E-state index in [0.717, 1.165) is 10.9 Å². The molecule has 1 aliphatic rings. The molecule has 4 N–H and O–H groups in total. The Labute approximate surface area is 137 Å². The molecule has 0 bridgehead atoms. The van der Waals surface area contributed by atoms with Gasteiger partial charge in [-0.05, 0) is 36.4 Å². The van der Waals surface area contributed by atoms with Crippen molar-refractivity contribution in [2.75, 3.05) is 5.32 Å². The number of pyridine rings is 1. The highest BCUT2D eigenvalue weighted by atomic mass is 32.2. The van der Waals surface area contributed by atoms with Gasteiger partial charge in [-0.2, -0.15) is 0 Å². The molecule has 1 aromatic carbocycles. The van der Waals surface area contributed by atoms with E-state index in [1.54, 1.807) is 24.5 Å². The van der Waals surface area contributed by atoms with Crippen LogP contribution in [0.4, 0.5) is 5.69 Å². The molecule has 4 rings (SSSR count). The van der Waals surface area contributed by atoms with E-state index in [0.29, 0.717) is 22.5 Å². The van der Waals surface area contributed by atoms with E-state index in [-0.39, 0.29) is 10.8 Å². The van der Waals surface area contributed by atoms with Crippen molar-refractivity contribution in [3.8, 4) is 0 Å². The summed E-state index contributed by atoms with van der Waals surface area (Å²) in [5, 5.41) is 8.76. The van der Waals surface area contributed by atoms with Crippen LogP contribution in [0, 0.1) is 0 Å². The van der Waals surface area contributed by atoms with Crippen molar-refractivity contribution in [2.45, 2.75) is 4.90 Å². The molecule has 0 spiro atoms. The van der Waals surface area contributed by atoms with Gasteiger partial charge in [-0.15, -0.1) is 0 Å². The molecule has 0 saturated carbocycles. The molecule has 0 aliphatic carbocycles. The van der Waals surface area contributed by atoms with Gasteiger partial charge in [0.15, 0.2) is 0 Å². The summed E-state index contributed by atoms with van der Waals surface area (Å²) >= 11 is 0. The van der Waals surface area contributed by atoms with Crippen molar-refractivity contribution in [3.05, 3.63) is 53.9 Å². The molecule has 24 heavy (non-hydrogen) atoms. The van der Waals surface area contributed by atoms with Crippen LogP contribution in [-0.4, -0.2) is 24.3 Å². The number of hydrogen-bond acceptors (Lipinski definition) is 4. The van der Waals surface area contributed by atoms with E-state index in [9.17, 15) is 13.2 Å². The monoisotopic (exact) mass is 340 g/mol. The van der Waals surface area contributed by atoms with Gasteiger partial charge in [0.1, 0.15) is 5.65 Å². The molecule has 1 aliphatic heterocycles. The normalized spacial score (nSPS) is 15.7. The third-order valence-electron chi connectivity index (χ3n) is 3.89. The van der Waals surface area contributed by atoms with Crippen molar-refractivity contribution in [1.29, 1.82) is 0 Å². The van der Waals surface area contributed by atoms with Gasteiger partial charge in [-0.25, -0.2) is 18.5 Å². The fourth-order valence-electron chi connectivity index (χ4n) is 2.74. The smallest absolute Gasteiger partial charge is 0.256 e. The highest BCUT2D eigenvalue weighted by molar-refractivity contribution is 7.89. The number of primary sulfonamides is 1. The van der Waals surface area contributed by atoms with Crippen LogP contribution in [0.25, 0.3) is 22.7 Å². The molecule has 8 heteroatoms. The highest BCUT2D eigenvalue weighted by Gasteiger charge is 2.26. The minimum atomic E-state index is -3.84. The Hall–Kier alpha value is -2.97. The second-order valence-electron chi connectivity index (χ2n) is 5.41. The maximum absolute atomic E-state index is 12.3. The number of nitrogens with one attached hydrogen (secondary N) is 2. The third kappa shape index (κ3) is 2.29. The second-order valence-corrected chi connectivity index (χ2v) is 6.97. The number of hydrogen-bond donors (Lipinski definition) is 3. The van der Waals surface area contributed by atoms with Gasteiger partial charge in [-0.3, -0.25) is 4.79 Å². The van der Waals surface area contributed by atoms with Gasteiger partial charge in [0, 0.05) is 40.2 Å². The van der Waals surface area contributed by atoms with Crippen molar-refractivity contribution in [2.24, 2.45) is 5.14 Å². The quantitative estimate of drug-likeness (QED) is 0.615. The minimum absolute atomic E-state index is 0.0377. The Balaban J connectivity index is 1.90. The highest BCUT2D eigenvalue weighted by Crippen LogP contribution is 2.35. The zero-order chi connectivity index (χ0) is 16.9. The number of fused-ring (bicyclic) bond motifs is 2. The van der Waals surface area contributed by atoms with E-state index in [1.807, 2.05) is 6.07 Å². The van der Waals surface area contributed by atoms with Crippen molar-refractivity contribution >= 4 is 44.3 Å². The van der Waals surface area contributed by atoms with Crippen LogP contribution in [0.15, 0.2) is 47.6 Å². The molecule has 2 aromatic heterocycles. The standard InChI is InChI=1S/C16H12N4O3S/c17-24(22,23)10-3-4-14-12(7-10)13(16(21)20-14)6-9-8-19-15-11(9)2-1-5-18-15/h1-8H,(H,18,19)(H,20,21)(H2,17,22,23)/b13-6+. The van der Waals surface area contributed by atoms with Gasteiger partial charge in [0.05, 0.1) is 4.90 Å². The first-order chi connectivity index (χ1) is 11.4. The van der Waals surface area contributed by atoms with Crippen molar-refractivity contribution in [1.82, 2.24) is 9.97 Å². The summed E-state index contributed by atoms with van der Waals surface area (Å²) in [5.41, 5.74) is 2.93. The lowest BCUT2D eigenvalue weighted by Crippen LogP contribution is -2.12. The van der Waals surface area contributed by atoms with Crippen LogP contribution in [0.2, 0.25) is 0 Å². The number of H-pyrrole nitrogens is 1. The van der Waals surface area contributed by atoms with Crippen LogP contribution in [-0.2, 0) is 14.8 Å². The van der Waals surface area contributed by atoms with Gasteiger partial charge in [0.25, 0.3) is 5.91 Å². The number of rotatable bonds is 2. The summed E-state index contributed by atoms with van der Waals surface area (Å²) in [5.74, 6) is -0.296. The third-order valence-corrected chi connectivity index (χ3v) is 4.80. The van der Waals surface area contributed by atoms with E-state index in [1.165, 1.54) is 18.2 Å². The predicted octanol–water partition coefficient (Wildman–Crippen LogP) is 1.70. The minimum Gasteiger partial charge on any atom is -0.346 e. The molecular formula is C16H12N4O3S. The van der Waals surface area contributed by atoms with E-state index < -0.39 is 10.0 Å². The predicted molar refractivity (Wildman–Crippen MR) is 90.4 cm³/mol. The zero-order valence-corrected chi connectivity index (χ0v) is 13.1. The summed E-state index contributed by atoms with van der Waals surface area (Å²) in [6.45, 7) is 0. The topological polar surface area (TPSA) is 118 Å². The summed E-state index contributed by atoms with van der Waals surface area (Å²) in [4.78, 5) is 19.5. The first kappa shape index (κ1) is 14.6. The molecule has 0 fully saturated rings. The zero-order valence-electron chi connectivity index (χ0n) is 12.3. The maximum Gasteiger partial charge on any atom is 0.256 e. The number of nitrogens with zero attached hydrogens (tertiary/aromatic N) is 1. The van der Waals surface area contributed by atoms with Crippen LogP contribution >= 0.6 is 0 Å². The fraction of sp³-hybridized carbons (Fsp3) is 0. The number of aromatic amines is 1. The largest absolute Gasteiger partial charge is 0.346 e. The summed E-state index contributed by atoms with van der Waals surface area (Å²) in [6, 6.07) is 8.00. The number of anilines is 1. The maximum atomic E-state index is 12.3. The molecule has 3 heterocycles. The first-order valence-corrected chi connectivity index (χ1v) is 8.60. The second kappa shape index (κ2) is 5.02. The van der Waals surface area contributed by atoms with E-state index in [4.69, 9.17) is 5.14 Å². The summed E-state index contributed by atoms with van der Waals surface area (Å²) < 4.78 is 23.1. The number of benzene rings is 1. The molecular weight excluding hydrogens is 328 g/mol. The average Bonchev–Trinajstić information content (AvgIpc) is 3.08. The Morgan fingerprint density at radius 3 is 2.83 bits per heavy atom. The molecule has 0 unspecified atom stereocenters. The molecule has 3 aromatic rings. The molecule has 0 radical (unpaired) electrons. The molecule has 1 amide bonds. The fourth-order valence-corrected chi connectivity index (χ4v) is 3.28. The molecule has 0 saturated heterocycles. The van der Waals surface area contributed by atoms with Crippen molar-refractivity contribution < 1.29 is 13.2 Å². The Morgan fingerprint density at radius 1 is 1.21 bits per heavy atom. The number of sulfonamides is 1. The van der Waals surface area contributed by atoms with E-state index in [2.05, 4.69) is 15.3 Å². The molecule has 7 nitrogen and oxygen atoms in total.